The molecule has 0 fully saturated rings. The molecule has 0 saturated heterocycles. The maximum absolute atomic E-state index is 12.6. The highest BCUT2D eigenvalue weighted by molar-refractivity contribution is 5.99. The number of carbonyl (C=O) groups excluding carboxylic acids is 2. The van der Waals surface area contributed by atoms with Gasteiger partial charge in [-0.1, -0.05) is 30.3 Å². The van der Waals surface area contributed by atoms with Crippen LogP contribution < -0.4 is 16.0 Å². The zero-order valence-electron chi connectivity index (χ0n) is 17.3. The second-order valence-corrected chi connectivity index (χ2v) is 7.14. The Labute approximate surface area is 184 Å². The number of rotatable bonds is 6. The number of carbonyl (C=O) groups is 2. The predicted octanol–water partition coefficient (Wildman–Crippen LogP) is 3.54. The van der Waals surface area contributed by atoms with Crippen LogP contribution >= 0.6 is 0 Å². The van der Waals surface area contributed by atoms with Crippen LogP contribution in [0, 0.1) is 6.92 Å². The number of aromatic nitrogens is 4. The smallest absolute Gasteiger partial charge is 0.323 e. The van der Waals surface area contributed by atoms with Crippen molar-refractivity contribution >= 4 is 23.3 Å². The molecule has 9 heteroatoms. The first kappa shape index (κ1) is 20.7. The average molecular weight is 427 g/mol. The molecular formula is C23H21N7O2. The molecule has 0 aliphatic carbocycles. The van der Waals surface area contributed by atoms with Crippen molar-refractivity contribution in [2.75, 3.05) is 10.6 Å². The van der Waals surface area contributed by atoms with Gasteiger partial charge in [0.15, 0.2) is 0 Å². The summed E-state index contributed by atoms with van der Waals surface area (Å²) in [6.07, 6.45) is 1.46. The van der Waals surface area contributed by atoms with E-state index in [9.17, 15) is 9.59 Å². The molecule has 32 heavy (non-hydrogen) atoms. The van der Waals surface area contributed by atoms with Crippen LogP contribution in [-0.4, -0.2) is 32.1 Å². The van der Waals surface area contributed by atoms with Gasteiger partial charge < -0.3 is 16.0 Å². The van der Waals surface area contributed by atoms with Gasteiger partial charge in [0.2, 0.25) is 0 Å². The van der Waals surface area contributed by atoms with Crippen LogP contribution in [0.1, 0.15) is 21.5 Å². The van der Waals surface area contributed by atoms with Gasteiger partial charge in [0.25, 0.3) is 5.91 Å². The normalized spacial score (nSPS) is 10.4. The summed E-state index contributed by atoms with van der Waals surface area (Å²) in [6.45, 7) is 2.27. The van der Waals surface area contributed by atoms with E-state index < -0.39 is 0 Å². The molecule has 9 nitrogen and oxygen atoms in total. The lowest BCUT2D eigenvalue weighted by Crippen LogP contribution is -2.23. The number of nitrogens with zero attached hydrogens (tertiary/aromatic N) is 4. The number of anilines is 2. The number of nitrogens with one attached hydrogen (secondary N) is 3. The number of hydrogen-bond donors (Lipinski definition) is 3. The molecule has 3 amide bonds. The molecule has 1 aromatic heterocycles. The van der Waals surface area contributed by atoms with Crippen LogP contribution in [0.15, 0.2) is 79.1 Å². The van der Waals surface area contributed by atoms with Crippen LogP contribution in [0.25, 0.3) is 5.69 Å². The van der Waals surface area contributed by atoms with Gasteiger partial charge in [0.05, 0.1) is 5.69 Å². The molecule has 0 saturated carbocycles. The number of tetrazole rings is 1. The monoisotopic (exact) mass is 427 g/mol. The Morgan fingerprint density at radius 3 is 2.41 bits per heavy atom. The minimum atomic E-state index is -0.337. The molecule has 4 aromatic rings. The minimum Gasteiger partial charge on any atom is -0.348 e. The number of amides is 3. The number of hydrogen-bond acceptors (Lipinski definition) is 5. The second kappa shape index (κ2) is 9.52. The standard InChI is InChI=1S/C23H21N7O2/c1-16-5-2-8-19(11-16)26-23(32)27-20-9-3-6-17(12-20)14-24-22(31)18-7-4-10-21(13-18)30-15-25-28-29-30/h2-13,15H,14H2,1H3,(H,24,31)(H2,26,27,32). The summed E-state index contributed by atoms with van der Waals surface area (Å²) in [6, 6.07) is 21.5. The Morgan fingerprint density at radius 2 is 1.66 bits per heavy atom. The summed E-state index contributed by atoms with van der Waals surface area (Å²) >= 11 is 0. The van der Waals surface area contributed by atoms with Gasteiger partial charge in [0.1, 0.15) is 6.33 Å². The van der Waals surface area contributed by atoms with Gasteiger partial charge in [-0.25, -0.2) is 9.48 Å². The van der Waals surface area contributed by atoms with Crippen molar-refractivity contribution in [3.8, 4) is 5.69 Å². The predicted molar refractivity (Wildman–Crippen MR) is 121 cm³/mol. The molecule has 0 aliphatic heterocycles. The summed E-state index contributed by atoms with van der Waals surface area (Å²) in [5.41, 5.74) is 4.43. The van der Waals surface area contributed by atoms with Crippen molar-refractivity contribution in [1.29, 1.82) is 0 Å². The molecule has 0 unspecified atom stereocenters. The molecule has 0 radical (unpaired) electrons. The van der Waals surface area contributed by atoms with E-state index in [1.54, 1.807) is 24.3 Å². The number of aryl methyl sites for hydroxylation is 1. The average Bonchev–Trinajstić information content (AvgIpc) is 3.33. The summed E-state index contributed by atoms with van der Waals surface area (Å²) < 4.78 is 1.48. The molecule has 0 bridgehead atoms. The summed E-state index contributed by atoms with van der Waals surface area (Å²) in [7, 11) is 0. The Balaban J connectivity index is 1.35. The van der Waals surface area contributed by atoms with Crippen molar-refractivity contribution in [2.45, 2.75) is 13.5 Å². The Hall–Kier alpha value is -4.53. The van der Waals surface area contributed by atoms with E-state index in [4.69, 9.17) is 0 Å². The lowest BCUT2D eigenvalue weighted by Gasteiger charge is -2.10. The largest absolute Gasteiger partial charge is 0.348 e. The van der Waals surface area contributed by atoms with Crippen molar-refractivity contribution in [1.82, 2.24) is 25.5 Å². The van der Waals surface area contributed by atoms with E-state index in [-0.39, 0.29) is 11.9 Å². The van der Waals surface area contributed by atoms with E-state index >= 15 is 0 Å². The van der Waals surface area contributed by atoms with Crippen LogP contribution in [0.3, 0.4) is 0 Å². The topological polar surface area (TPSA) is 114 Å². The summed E-state index contributed by atoms with van der Waals surface area (Å²) in [5.74, 6) is -0.226. The van der Waals surface area contributed by atoms with Gasteiger partial charge in [-0.3, -0.25) is 4.79 Å². The minimum absolute atomic E-state index is 0.226. The van der Waals surface area contributed by atoms with E-state index in [0.29, 0.717) is 23.5 Å². The Kier molecular flexibility index (Phi) is 6.17. The summed E-state index contributed by atoms with van der Waals surface area (Å²) in [4.78, 5) is 24.9. The molecule has 0 aliphatic rings. The Bertz CT molecular complexity index is 1240. The third kappa shape index (κ3) is 5.33. The maximum Gasteiger partial charge on any atom is 0.323 e. The number of benzene rings is 3. The molecule has 0 atom stereocenters. The van der Waals surface area contributed by atoms with Gasteiger partial charge in [0, 0.05) is 23.5 Å². The fraction of sp³-hybridized carbons (Fsp3) is 0.0870. The first-order chi connectivity index (χ1) is 15.6. The second-order valence-electron chi connectivity index (χ2n) is 7.14. The van der Waals surface area contributed by atoms with Gasteiger partial charge >= 0.3 is 6.03 Å². The maximum atomic E-state index is 12.6. The first-order valence-corrected chi connectivity index (χ1v) is 9.92. The van der Waals surface area contributed by atoms with Crippen molar-refractivity contribution in [3.63, 3.8) is 0 Å². The van der Waals surface area contributed by atoms with Crippen molar-refractivity contribution in [3.05, 3.63) is 95.8 Å². The van der Waals surface area contributed by atoms with Crippen molar-refractivity contribution in [2.24, 2.45) is 0 Å². The zero-order valence-corrected chi connectivity index (χ0v) is 17.3. The van der Waals surface area contributed by atoms with E-state index in [1.165, 1.54) is 11.0 Å². The van der Waals surface area contributed by atoms with E-state index in [0.717, 1.165) is 16.8 Å². The zero-order chi connectivity index (χ0) is 22.3. The molecule has 160 valence electrons. The highest BCUT2D eigenvalue weighted by Crippen LogP contribution is 2.14. The third-order valence-corrected chi connectivity index (χ3v) is 4.64. The van der Waals surface area contributed by atoms with Crippen LogP contribution in [0.5, 0.6) is 0 Å². The van der Waals surface area contributed by atoms with E-state index in [1.807, 2.05) is 55.5 Å². The van der Waals surface area contributed by atoms with E-state index in [2.05, 4.69) is 31.5 Å². The van der Waals surface area contributed by atoms with Crippen LogP contribution in [-0.2, 0) is 6.54 Å². The summed E-state index contributed by atoms with van der Waals surface area (Å²) in [5, 5.41) is 19.5. The lowest BCUT2D eigenvalue weighted by atomic mass is 10.1. The molecule has 4 rings (SSSR count). The fourth-order valence-electron chi connectivity index (χ4n) is 3.13. The molecule has 3 aromatic carbocycles. The third-order valence-electron chi connectivity index (χ3n) is 4.64. The van der Waals surface area contributed by atoms with Crippen LogP contribution in [0.4, 0.5) is 16.2 Å². The molecular weight excluding hydrogens is 406 g/mol. The molecule has 3 N–H and O–H groups in total. The molecule has 1 heterocycles. The van der Waals surface area contributed by atoms with Crippen molar-refractivity contribution < 1.29 is 9.59 Å². The van der Waals surface area contributed by atoms with Crippen LogP contribution in [0.2, 0.25) is 0 Å². The highest BCUT2D eigenvalue weighted by Gasteiger charge is 2.09. The van der Waals surface area contributed by atoms with Gasteiger partial charge in [-0.15, -0.1) is 5.10 Å². The fourth-order valence-corrected chi connectivity index (χ4v) is 3.13. The van der Waals surface area contributed by atoms with Gasteiger partial charge in [-0.05, 0) is 70.9 Å². The Morgan fingerprint density at radius 1 is 0.906 bits per heavy atom. The molecule has 0 spiro atoms. The quantitative estimate of drug-likeness (QED) is 0.435. The number of urea groups is 1. The van der Waals surface area contributed by atoms with Gasteiger partial charge in [-0.2, -0.15) is 0 Å². The highest BCUT2D eigenvalue weighted by atomic mass is 16.2. The SMILES string of the molecule is Cc1cccc(NC(=O)Nc2cccc(CNC(=O)c3cccc(-n4cnnn4)c3)c2)c1. The first-order valence-electron chi connectivity index (χ1n) is 9.92. The lowest BCUT2D eigenvalue weighted by molar-refractivity contribution is 0.0951.